The highest BCUT2D eigenvalue weighted by Gasteiger charge is 2.16. The molecule has 1 aromatic carbocycles. The Morgan fingerprint density at radius 3 is 2.71 bits per heavy atom. The van der Waals surface area contributed by atoms with Crippen molar-refractivity contribution in [2.75, 3.05) is 0 Å². The first kappa shape index (κ1) is 13.6. The van der Waals surface area contributed by atoms with Crippen molar-refractivity contribution in [2.45, 2.75) is 25.5 Å². The molecule has 3 N–H and O–H groups in total. The zero-order chi connectivity index (χ0) is 12.7. The zero-order valence-corrected chi connectivity index (χ0v) is 9.40. The summed E-state index contributed by atoms with van der Waals surface area (Å²) in [5, 5.41) is 0. The highest BCUT2D eigenvalue weighted by Crippen LogP contribution is 2.28. The van der Waals surface area contributed by atoms with Crippen LogP contribution in [0.15, 0.2) is 36.9 Å². The van der Waals surface area contributed by atoms with Gasteiger partial charge in [0.25, 0.3) is 0 Å². The number of alkyl halides is 2. The Hall–Kier alpha value is -1.46. The van der Waals surface area contributed by atoms with Crippen LogP contribution in [-0.4, -0.2) is 6.61 Å². The van der Waals surface area contributed by atoms with E-state index in [2.05, 4.69) is 16.7 Å². The van der Waals surface area contributed by atoms with Crippen LogP contribution < -0.4 is 16.0 Å². The topological polar surface area (TPSA) is 47.3 Å². The molecule has 0 saturated heterocycles. The number of para-hydroxylation sites is 1. The van der Waals surface area contributed by atoms with Gasteiger partial charge in [-0.1, -0.05) is 24.3 Å². The third-order valence-electron chi connectivity index (χ3n) is 2.37. The predicted molar refractivity (Wildman–Crippen MR) is 62.6 cm³/mol. The maximum absolute atomic E-state index is 12.2. The minimum atomic E-state index is -2.84. The molecular weight excluding hydrogens is 226 g/mol. The van der Waals surface area contributed by atoms with Gasteiger partial charge in [0, 0.05) is 11.6 Å². The lowest BCUT2D eigenvalue weighted by Gasteiger charge is -2.19. The third kappa shape index (κ3) is 4.13. The van der Waals surface area contributed by atoms with E-state index in [0.29, 0.717) is 12.0 Å². The second-order valence-corrected chi connectivity index (χ2v) is 3.50. The highest BCUT2D eigenvalue weighted by molar-refractivity contribution is 5.35. The van der Waals surface area contributed by atoms with E-state index in [0.717, 1.165) is 6.42 Å². The number of halogens is 2. The average molecular weight is 242 g/mol. The van der Waals surface area contributed by atoms with Crippen molar-refractivity contribution in [3.8, 4) is 5.75 Å². The molecule has 94 valence electrons. The summed E-state index contributed by atoms with van der Waals surface area (Å²) in [6, 6.07) is 6.38. The molecule has 0 saturated carbocycles. The van der Waals surface area contributed by atoms with Crippen molar-refractivity contribution in [3.05, 3.63) is 42.5 Å². The summed E-state index contributed by atoms with van der Waals surface area (Å²) in [7, 11) is 0. The first-order valence-corrected chi connectivity index (χ1v) is 5.29. The Balaban J connectivity index is 2.88. The molecule has 0 aliphatic rings. The zero-order valence-electron chi connectivity index (χ0n) is 9.40. The van der Waals surface area contributed by atoms with Crippen molar-refractivity contribution in [2.24, 2.45) is 5.84 Å². The molecule has 0 aliphatic carbocycles. The summed E-state index contributed by atoms with van der Waals surface area (Å²) >= 11 is 0. The van der Waals surface area contributed by atoms with Gasteiger partial charge in [-0.05, 0) is 18.9 Å². The van der Waals surface area contributed by atoms with Crippen molar-refractivity contribution in [1.82, 2.24) is 5.43 Å². The molecule has 0 fully saturated rings. The number of nitrogens with one attached hydrogen (secondary N) is 1. The Kier molecular flexibility index (Phi) is 5.59. The Bertz CT molecular complexity index is 358. The second kappa shape index (κ2) is 6.98. The summed E-state index contributed by atoms with van der Waals surface area (Å²) < 4.78 is 28.9. The lowest BCUT2D eigenvalue weighted by molar-refractivity contribution is -0.0507. The Labute approximate surface area is 99.2 Å². The van der Waals surface area contributed by atoms with Gasteiger partial charge in [0.1, 0.15) is 5.75 Å². The smallest absolute Gasteiger partial charge is 0.387 e. The van der Waals surface area contributed by atoms with E-state index >= 15 is 0 Å². The van der Waals surface area contributed by atoms with Gasteiger partial charge in [-0.25, -0.2) is 0 Å². The summed E-state index contributed by atoms with van der Waals surface area (Å²) in [5.74, 6) is 5.57. The van der Waals surface area contributed by atoms with E-state index in [9.17, 15) is 8.78 Å². The second-order valence-electron chi connectivity index (χ2n) is 3.50. The molecular formula is C12H16F2N2O. The number of ether oxygens (including phenoxy) is 1. The molecule has 0 heterocycles. The van der Waals surface area contributed by atoms with Crippen molar-refractivity contribution in [1.29, 1.82) is 0 Å². The normalized spacial score (nSPS) is 12.5. The minimum Gasteiger partial charge on any atom is -0.434 e. The monoisotopic (exact) mass is 242 g/mol. The predicted octanol–water partition coefficient (Wildman–Crippen LogP) is 2.76. The van der Waals surface area contributed by atoms with E-state index in [1.54, 1.807) is 24.3 Å². The van der Waals surface area contributed by atoms with Gasteiger partial charge in [0.2, 0.25) is 0 Å². The molecule has 0 spiro atoms. The van der Waals surface area contributed by atoms with Gasteiger partial charge in [0.05, 0.1) is 0 Å². The van der Waals surface area contributed by atoms with Crippen LogP contribution in [0.3, 0.4) is 0 Å². The fourth-order valence-electron chi connectivity index (χ4n) is 1.58. The van der Waals surface area contributed by atoms with Crippen LogP contribution in [0.4, 0.5) is 8.78 Å². The summed E-state index contributed by atoms with van der Waals surface area (Å²) in [6.45, 7) is 0.773. The highest BCUT2D eigenvalue weighted by atomic mass is 19.3. The van der Waals surface area contributed by atoms with E-state index in [1.807, 2.05) is 0 Å². The van der Waals surface area contributed by atoms with Crippen molar-refractivity contribution >= 4 is 0 Å². The van der Waals surface area contributed by atoms with Crippen LogP contribution in [0, 0.1) is 0 Å². The SMILES string of the molecule is C=CCCC(NN)c1ccccc1OC(F)F. The third-order valence-corrected chi connectivity index (χ3v) is 2.37. The molecule has 1 atom stereocenters. The molecule has 0 radical (unpaired) electrons. The van der Waals surface area contributed by atoms with Crippen LogP contribution in [0.5, 0.6) is 5.75 Å². The fourth-order valence-corrected chi connectivity index (χ4v) is 1.58. The lowest BCUT2D eigenvalue weighted by Crippen LogP contribution is -2.28. The number of benzene rings is 1. The van der Waals surface area contributed by atoms with Gasteiger partial charge in [-0.3, -0.25) is 11.3 Å². The van der Waals surface area contributed by atoms with E-state index in [-0.39, 0.29) is 11.8 Å². The molecule has 1 aromatic rings. The van der Waals surface area contributed by atoms with Gasteiger partial charge >= 0.3 is 6.61 Å². The standard InChI is InChI=1S/C12H16F2N2O/c1-2-3-7-10(16-15)9-6-4-5-8-11(9)17-12(13)14/h2,4-6,8,10,12,16H,1,3,7,15H2. The molecule has 5 heteroatoms. The van der Waals surface area contributed by atoms with Crippen molar-refractivity contribution < 1.29 is 13.5 Å². The number of hydrogen-bond donors (Lipinski definition) is 2. The molecule has 0 amide bonds. The number of nitrogens with two attached hydrogens (primary N) is 1. The summed E-state index contributed by atoms with van der Waals surface area (Å²) in [6.07, 6.45) is 3.16. The number of allylic oxidation sites excluding steroid dienone is 1. The largest absolute Gasteiger partial charge is 0.434 e. The first-order chi connectivity index (χ1) is 8.19. The number of hydrogen-bond acceptors (Lipinski definition) is 3. The molecule has 0 aliphatic heterocycles. The van der Waals surface area contributed by atoms with Gasteiger partial charge < -0.3 is 4.74 Å². The first-order valence-electron chi connectivity index (χ1n) is 5.29. The average Bonchev–Trinajstić information content (AvgIpc) is 2.31. The maximum atomic E-state index is 12.2. The lowest BCUT2D eigenvalue weighted by atomic mass is 10.0. The quantitative estimate of drug-likeness (QED) is 0.439. The number of hydrazine groups is 1. The summed E-state index contributed by atoms with van der Waals surface area (Å²) in [5.41, 5.74) is 3.22. The molecule has 1 rings (SSSR count). The molecule has 1 unspecified atom stereocenters. The molecule has 0 aromatic heterocycles. The molecule has 0 bridgehead atoms. The van der Waals surface area contributed by atoms with Crippen LogP contribution in [0.25, 0.3) is 0 Å². The van der Waals surface area contributed by atoms with Crippen LogP contribution in [0.2, 0.25) is 0 Å². The van der Waals surface area contributed by atoms with E-state index in [4.69, 9.17) is 5.84 Å². The summed E-state index contributed by atoms with van der Waals surface area (Å²) in [4.78, 5) is 0. The Morgan fingerprint density at radius 2 is 2.12 bits per heavy atom. The van der Waals surface area contributed by atoms with Gasteiger partial charge in [-0.15, -0.1) is 6.58 Å². The van der Waals surface area contributed by atoms with Crippen LogP contribution in [0.1, 0.15) is 24.4 Å². The molecule has 3 nitrogen and oxygen atoms in total. The maximum Gasteiger partial charge on any atom is 0.387 e. The van der Waals surface area contributed by atoms with E-state index < -0.39 is 6.61 Å². The van der Waals surface area contributed by atoms with Gasteiger partial charge in [0.15, 0.2) is 0 Å². The fraction of sp³-hybridized carbons (Fsp3) is 0.333. The van der Waals surface area contributed by atoms with Gasteiger partial charge in [-0.2, -0.15) is 8.78 Å². The van der Waals surface area contributed by atoms with Crippen molar-refractivity contribution in [3.63, 3.8) is 0 Å². The van der Waals surface area contributed by atoms with Crippen LogP contribution >= 0.6 is 0 Å². The number of rotatable bonds is 7. The van der Waals surface area contributed by atoms with E-state index in [1.165, 1.54) is 6.07 Å². The van der Waals surface area contributed by atoms with Crippen LogP contribution in [-0.2, 0) is 0 Å². The Morgan fingerprint density at radius 1 is 1.41 bits per heavy atom. The minimum absolute atomic E-state index is 0.148. The molecule has 17 heavy (non-hydrogen) atoms.